The van der Waals surface area contributed by atoms with Crippen molar-refractivity contribution in [3.63, 3.8) is 0 Å². The van der Waals surface area contributed by atoms with Crippen LogP contribution in [0.4, 0.5) is 0 Å². The number of fused-ring (bicyclic) bond motifs is 3. The van der Waals surface area contributed by atoms with Crippen molar-refractivity contribution in [2.45, 2.75) is 118 Å². The van der Waals surface area contributed by atoms with E-state index >= 15 is 0 Å². The Morgan fingerprint density at radius 3 is 1.88 bits per heavy atom. The van der Waals surface area contributed by atoms with Gasteiger partial charge in [-0.05, 0) is 68.8 Å². The molecule has 0 saturated carbocycles. The molecule has 276 valence electrons. The fraction of sp³-hybridized carbons (Fsp3) is 0.391. The number of phenolic OH excluding ortho intramolecular Hbond substituents is 1. The molecular weight excluding hydrogens is 834 g/mol. The molecule has 0 spiro atoms. The molecule has 6 aromatic rings. The SMILES string of the molecule is CC(C)(C)c1cc(-n2c3ccc(C(C)(C)C)cc3c3cc(C(C)(C)C)c(-c4[c-]c([Si](C)(C)c5ccccn5)ccc4)nc32)c(O)c(C(C)(C)C)c1.[Pt]. The van der Waals surface area contributed by atoms with Crippen LogP contribution in [0.5, 0.6) is 5.75 Å². The van der Waals surface area contributed by atoms with E-state index in [1.54, 1.807) is 0 Å². The van der Waals surface area contributed by atoms with Crippen molar-refractivity contribution < 1.29 is 26.2 Å². The molecule has 0 amide bonds. The first kappa shape index (κ1) is 39.7. The summed E-state index contributed by atoms with van der Waals surface area (Å²) in [6.07, 6.45) is 1.89. The van der Waals surface area contributed by atoms with Crippen molar-refractivity contribution in [2.75, 3.05) is 0 Å². The molecule has 0 aliphatic rings. The van der Waals surface area contributed by atoms with Crippen molar-refractivity contribution in [3.05, 3.63) is 107 Å². The molecule has 0 aliphatic heterocycles. The summed E-state index contributed by atoms with van der Waals surface area (Å²) in [5, 5.41) is 16.8. The Balaban J connectivity index is 0.00000523. The van der Waals surface area contributed by atoms with Gasteiger partial charge in [-0.25, -0.2) is 0 Å². The van der Waals surface area contributed by atoms with Crippen molar-refractivity contribution in [1.29, 1.82) is 0 Å². The molecule has 0 fully saturated rings. The monoisotopic (exact) mass is 889 g/mol. The molecule has 0 unspecified atom stereocenters. The molecular formula is C46H56N3OPtSi-. The van der Waals surface area contributed by atoms with Crippen molar-refractivity contribution in [1.82, 2.24) is 14.5 Å². The summed E-state index contributed by atoms with van der Waals surface area (Å²) in [5.41, 5.74) is 8.45. The maximum Gasteiger partial charge on any atom is 0.143 e. The minimum atomic E-state index is -2.14. The average Bonchev–Trinajstić information content (AvgIpc) is 3.35. The Hall–Kier alpha value is -3.53. The molecule has 0 radical (unpaired) electrons. The van der Waals surface area contributed by atoms with Gasteiger partial charge in [0.2, 0.25) is 0 Å². The smallest absolute Gasteiger partial charge is 0.143 e. The topological polar surface area (TPSA) is 50.9 Å². The maximum absolute atomic E-state index is 12.2. The van der Waals surface area contributed by atoms with Crippen molar-refractivity contribution in [2.24, 2.45) is 0 Å². The third-order valence-electron chi connectivity index (χ3n) is 10.4. The number of benzene rings is 3. The quantitative estimate of drug-likeness (QED) is 0.142. The Morgan fingerprint density at radius 1 is 0.654 bits per heavy atom. The second-order valence-corrected chi connectivity index (χ2v) is 23.3. The standard InChI is InChI=1S/C46H56N3OSi.Pt/c1-43(2,3)30-21-22-37-33(25-30)34-28-35(45(7,8)9)40(29-18-17-19-32(24-29)51(13,14)39-20-15-16-23-47-39)48-42(34)49(37)38-27-31(44(4,5)6)26-36(41(38)50)46(10,11)12;/h15-23,25-28,50H,1-14H3;/q-1;. The van der Waals surface area contributed by atoms with E-state index in [-0.39, 0.29) is 42.7 Å². The van der Waals surface area contributed by atoms with E-state index in [0.29, 0.717) is 5.75 Å². The molecule has 3 aromatic heterocycles. The Labute approximate surface area is 327 Å². The second kappa shape index (κ2) is 13.4. The summed E-state index contributed by atoms with van der Waals surface area (Å²) in [6, 6.07) is 30.1. The number of phenols is 1. The van der Waals surface area contributed by atoms with Crippen LogP contribution < -0.4 is 10.5 Å². The van der Waals surface area contributed by atoms with Crippen LogP contribution in [0.3, 0.4) is 0 Å². The van der Waals surface area contributed by atoms with E-state index in [1.165, 1.54) is 21.9 Å². The van der Waals surface area contributed by atoms with Gasteiger partial charge in [-0.1, -0.05) is 126 Å². The average molecular weight is 890 g/mol. The summed E-state index contributed by atoms with van der Waals surface area (Å²) in [7, 11) is -2.14. The van der Waals surface area contributed by atoms with Crippen molar-refractivity contribution in [3.8, 4) is 22.7 Å². The van der Waals surface area contributed by atoms with E-state index in [2.05, 4.69) is 174 Å². The molecule has 0 atom stereocenters. The molecule has 0 aliphatic carbocycles. The third-order valence-corrected chi connectivity index (χ3v) is 13.7. The first-order valence-electron chi connectivity index (χ1n) is 18.3. The minimum absolute atomic E-state index is 0. The summed E-state index contributed by atoms with van der Waals surface area (Å²) in [4.78, 5) is 10.4. The largest absolute Gasteiger partial charge is 0.505 e. The second-order valence-electron chi connectivity index (χ2n) is 19.0. The zero-order valence-corrected chi connectivity index (χ0v) is 36.9. The maximum atomic E-state index is 12.2. The van der Waals surface area contributed by atoms with E-state index in [0.717, 1.165) is 49.8 Å². The van der Waals surface area contributed by atoms with Gasteiger partial charge >= 0.3 is 0 Å². The molecule has 1 N–H and O–H groups in total. The summed E-state index contributed by atoms with van der Waals surface area (Å²) < 4.78 is 2.21. The predicted octanol–water partition coefficient (Wildman–Crippen LogP) is 10.8. The van der Waals surface area contributed by atoms with E-state index in [4.69, 9.17) is 9.97 Å². The summed E-state index contributed by atoms with van der Waals surface area (Å²) >= 11 is 0. The molecule has 52 heavy (non-hydrogen) atoms. The summed E-state index contributed by atoms with van der Waals surface area (Å²) in [6.45, 7) is 31.5. The Bertz CT molecular complexity index is 2270. The number of rotatable bonds is 4. The molecule has 3 heterocycles. The van der Waals surface area contributed by atoms with Crippen LogP contribution in [-0.4, -0.2) is 27.7 Å². The fourth-order valence-corrected chi connectivity index (χ4v) is 9.20. The number of aromatic hydroxyl groups is 1. The van der Waals surface area contributed by atoms with Crippen molar-refractivity contribution >= 4 is 40.5 Å². The number of pyridine rings is 2. The number of hydrogen-bond acceptors (Lipinski definition) is 3. The van der Waals surface area contributed by atoms with E-state index in [1.807, 2.05) is 12.3 Å². The molecule has 0 bridgehead atoms. The number of aromatic nitrogens is 3. The van der Waals surface area contributed by atoms with Crippen LogP contribution >= 0.6 is 0 Å². The van der Waals surface area contributed by atoms with Crippen LogP contribution in [-0.2, 0) is 42.7 Å². The fourth-order valence-electron chi connectivity index (χ4n) is 7.06. The van der Waals surface area contributed by atoms with Crippen LogP contribution in [0.25, 0.3) is 38.9 Å². The molecule has 6 heteroatoms. The zero-order chi connectivity index (χ0) is 37.5. The van der Waals surface area contributed by atoms with Gasteiger partial charge in [-0.2, -0.15) is 0 Å². The van der Waals surface area contributed by atoms with Gasteiger partial charge in [0.25, 0.3) is 0 Å². The van der Waals surface area contributed by atoms with E-state index < -0.39 is 8.07 Å². The normalized spacial score (nSPS) is 13.1. The van der Waals surface area contributed by atoms with Gasteiger partial charge in [-0.3, -0.25) is 14.5 Å². The van der Waals surface area contributed by atoms with Crippen LogP contribution in [0.2, 0.25) is 13.1 Å². The summed E-state index contributed by atoms with van der Waals surface area (Å²) in [5.74, 6) is 0.300. The molecule has 3 aromatic carbocycles. The van der Waals surface area contributed by atoms with Crippen LogP contribution in [0, 0.1) is 6.07 Å². The molecule has 6 rings (SSSR count). The van der Waals surface area contributed by atoms with Gasteiger partial charge in [0, 0.05) is 48.9 Å². The first-order valence-corrected chi connectivity index (χ1v) is 21.3. The molecule has 4 nitrogen and oxygen atoms in total. The number of hydrogen-bond donors (Lipinski definition) is 1. The number of nitrogens with zero attached hydrogens (tertiary/aromatic N) is 3. The van der Waals surface area contributed by atoms with Gasteiger partial charge in [0.15, 0.2) is 0 Å². The van der Waals surface area contributed by atoms with Crippen LogP contribution in [0.15, 0.2) is 79.0 Å². The van der Waals surface area contributed by atoms with Gasteiger partial charge in [0.05, 0.1) is 11.2 Å². The van der Waals surface area contributed by atoms with E-state index in [9.17, 15) is 5.11 Å². The first-order chi connectivity index (χ1) is 23.5. The molecule has 0 saturated heterocycles. The van der Waals surface area contributed by atoms with Crippen LogP contribution in [0.1, 0.15) is 105 Å². The van der Waals surface area contributed by atoms with Gasteiger partial charge in [-0.15, -0.1) is 35.0 Å². The third kappa shape index (κ3) is 7.20. The Kier molecular flexibility index (Phi) is 10.2. The van der Waals surface area contributed by atoms with Gasteiger partial charge in [0.1, 0.15) is 19.5 Å². The predicted molar refractivity (Wildman–Crippen MR) is 220 cm³/mol. The zero-order valence-electron chi connectivity index (χ0n) is 33.6. The minimum Gasteiger partial charge on any atom is -0.505 e. The van der Waals surface area contributed by atoms with Gasteiger partial charge < -0.3 is 5.11 Å². The Morgan fingerprint density at radius 2 is 1.31 bits per heavy atom.